The highest BCUT2D eigenvalue weighted by atomic mass is 32.2. The van der Waals surface area contributed by atoms with Gasteiger partial charge in [0.1, 0.15) is 0 Å². The van der Waals surface area contributed by atoms with Crippen LogP contribution in [0.2, 0.25) is 0 Å². The van der Waals surface area contributed by atoms with Gasteiger partial charge in [-0.15, -0.1) is 0 Å². The van der Waals surface area contributed by atoms with Crippen molar-refractivity contribution in [3.63, 3.8) is 0 Å². The molecule has 0 bridgehead atoms. The first-order valence-electron chi connectivity index (χ1n) is 10.6. The Kier molecular flexibility index (Phi) is 7.31. The number of hydrogen-bond acceptors (Lipinski definition) is 4. The van der Waals surface area contributed by atoms with E-state index in [-0.39, 0.29) is 0 Å². The highest BCUT2D eigenvalue weighted by Gasteiger charge is 2.28. The van der Waals surface area contributed by atoms with Crippen LogP contribution in [0.25, 0.3) is 0 Å². The lowest BCUT2D eigenvalue weighted by Crippen LogP contribution is -2.50. The fraction of sp³-hybridized carbons (Fsp3) is 0.714. The van der Waals surface area contributed by atoms with E-state index in [4.69, 9.17) is 0 Å². The molecule has 0 saturated carbocycles. The Labute approximate surface area is 165 Å². The van der Waals surface area contributed by atoms with E-state index in [0.717, 1.165) is 32.6 Å². The minimum absolute atomic E-state index is 0.427. The molecule has 1 unspecified atom stereocenters. The molecule has 1 aromatic rings. The lowest BCUT2D eigenvalue weighted by atomic mass is 9.99. The number of hydrogen-bond donors (Lipinski definition) is 0. The zero-order valence-electron chi connectivity index (χ0n) is 16.9. The second-order valence-electron chi connectivity index (χ2n) is 8.03. The van der Waals surface area contributed by atoms with Gasteiger partial charge < -0.3 is 4.90 Å². The predicted octanol–water partition coefficient (Wildman–Crippen LogP) is 2.99. The second-order valence-corrected chi connectivity index (χ2v) is 9.96. The average Bonchev–Trinajstić information content (AvgIpc) is 2.73. The first-order valence-corrected chi connectivity index (χ1v) is 12.0. The van der Waals surface area contributed by atoms with Crippen molar-refractivity contribution in [2.45, 2.75) is 50.3 Å². The topological polar surface area (TPSA) is 43.9 Å². The SMILES string of the molecule is CCC(C)c1ccc(S(=O)(=O)N2CCN(CCN3CCCCC3)CC2)cc1. The smallest absolute Gasteiger partial charge is 0.243 e. The van der Waals surface area contributed by atoms with Crippen molar-refractivity contribution in [3.8, 4) is 0 Å². The summed E-state index contributed by atoms with van der Waals surface area (Å²) in [6, 6.07) is 7.49. The van der Waals surface area contributed by atoms with Gasteiger partial charge in [-0.3, -0.25) is 4.90 Å². The van der Waals surface area contributed by atoms with Crippen LogP contribution < -0.4 is 0 Å². The molecule has 0 amide bonds. The van der Waals surface area contributed by atoms with E-state index >= 15 is 0 Å². The fourth-order valence-corrected chi connectivity index (χ4v) is 5.43. The highest BCUT2D eigenvalue weighted by molar-refractivity contribution is 7.89. The standard InChI is InChI=1S/C21H35N3O2S/c1-3-19(2)20-7-9-21(10-8-20)27(25,26)24-17-15-23(16-18-24)14-13-22-11-5-4-6-12-22/h7-10,19H,3-6,11-18H2,1-2H3. The van der Waals surface area contributed by atoms with E-state index in [2.05, 4.69) is 23.6 Å². The van der Waals surface area contributed by atoms with Gasteiger partial charge in [-0.1, -0.05) is 32.4 Å². The molecule has 6 heteroatoms. The molecule has 1 aromatic carbocycles. The van der Waals surface area contributed by atoms with Crippen molar-refractivity contribution >= 4 is 10.0 Å². The molecule has 1 atom stereocenters. The van der Waals surface area contributed by atoms with Gasteiger partial charge in [0, 0.05) is 39.3 Å². The summed E-state index contributed by atoms with van der Waals surface area (Å²) in [6.07, 6.45) is 5.07. The summed E-state index contributed by atoms with van der Waals surface area (Å²) in [6.45, 7) is 11.8. The quantitative estimate of drug-likeness (QED) is 0.714. The summed E-state index contributed by atoms with van der Waals surface area (Å²) in [5, 5.41) is 0. The van der Waals surface area contributed by atoms with Crippen LogP contribution in [0.3, 0.4) is 0 Å². The highest BCUT2D eigenvalue weighted by Crippen LogP contribution is 2.23. The van der Waals surface area contributed by atoms with Gasteiger partial charge in [0.2, 0.25) is 10.0 Å². The van der Waals surface area contributed by atoms with E-state index in [9.17, 15) is 8.42 Å². The molecule has 0 spiro atoms. The number of benzene rings is 1. The van der Waals surface area contributed by atoms with Crippen LogP contribution in [0.15, 0.2) is 29.2 Å². The molecular formula is C21H35N3O2S. The summed E-state index contributed by atoms with van der Waals surface area (Å²) in [4.78, 5) is 5.38. The lowest BCUT2D eigenvalue weighted by Gasteiger charge is -2.35. The van der Waals surface area contributed by atoms with E-state index in [1.807, 2.05) is 12.1 Å². The van der Waals surface area contributed by atoms with Crippen molar-refractivity contribution in [2.24, 2.45) is 0 Å². The number of nitrogens with zero attached hydrogens (tertiary/aromatic N) is 3. The van der Waals surface area contributed by atoms with Gasteiger partial charge in [-0.25, -0.2) is 8.42 Å². The van der Waals surface area contributed by atoms with E-state index in [1.54, 1.807) is 16.4 Å². The van der Waals surface area contributed by atoms with E-state index < -0.39 is 10.0 Å². The van der Waals surface area contributed by atoms with Crippen LogP contribution in [0.4, 0.5) is 0 Å². The Balaban J connectivity index is 1.51. The van der Waals surface area contributed by atoms with Crippen molar-refractivity contribution in [1.29, 1.82) is 0 Å². The molecule has 2 heterocycles. The van der Waals surface area contributed by atoms with E-state index in [0.29, 0.717) is 23.9 Å². The molecule has 2 aliphatic heterocycles. The number of piperidine rings is 1. The maximum atomic E-state index is 12.9. The molecule has 152 valence electrons. The van der Waals surface area contributed by atoms with Crippen LogP contribution in [0.5, 0.6) is 0 Å². The predicted molar refractivity (Wildman–Crippen MR) is 111 cm³/mol. The third kappa shape index (κ3) is 5.31. The molecule has 2 saturated heterocycles. The van der Waals surface area contributed by atoms with Crippen LogP contribution >= 0.6 is 0 Å². The molecule has 0 N–H and O–H groups in total. The van der Waals surface area contributed by atoms with Gasteiger partial charge in [-0.05, 0) is 56.0 Å². The monoisotopic (exact) mass is 393 g/mol. The van der Waals surface area contributed by atoms with Crippen LogP contribution in [-0.2, 0) is 10.0 Å². The Morgan fingerprint density at radius 1 is 0.852 bits per heavy atom. The summed E-state index contributed by atoms with van der Waals surface area (Å²) >= 11 is 0. The van der Waals surface area contributed by atoms with E-state index in [1.165, 1.54) is 37.9 Å². The number of sulfonamides is 1. The van der Waals surface area contributed by atoms with Gasteiger partial charge in [0.15, 0.2) is 0 Å². The molecule has 2 aliphatic rings. The summed E-state index contributed by atoms with van der Waals surface area (Å²) < 4.78 is 27.6. The first-order chi connectivity index (χ1) is 13.0. The van der Waals surface area contributed by atoms with Crippen molar-refractivity contribution in [3.05, 3.63) is 29.8 Å². The van der Waals surface area contributed by atoms with Crippen molar-refractivity contribution < 1.29 is 8.42 Å². The number of likely N-dealkylation sites (tertiary alicyclic amines) is 1. The van der Waals surface area contributed by atoms with Gasteiger partial charge in [-0.2, -0.15) is 4.31 Å². The zero-order chi connectivity index (χ0) is 19.3. The Hall–Kier alpha value is -0.950. The Morgan fingerprint density at radius 3 is 1.96 bits per heavy atom. The second kappa shape index (κ2) is 9.50. The zero-order valence-corrected chi connectivity index (χ0v) is 17.8. The third-order valence-corrected chi connectivity index (χ3v) is 8.12. The maximum absolute atomic E-state index is 12.9. The van der Waals surface area contributed by atoms with Crippen LogP contribution in [-0.4, -0.2) is 74.9 Å². The molecule has 3 rings (SSSR count). The maximum Gasteiger partial charge on any atom is 0.243 e. The third-order valence-electron chi connectivity index (χ3n) is 6.21. The molecule has 2 fully saturated rings. The summed E-state index contributed by atoms with van der Waals surface area (Å²) in [7, 11) is -3.37. The molecule has 27 heavy (non-hydrogen) atoms. The fourth-order valence-electron chi connectivity index (χ4n) is 4.01. The summed E-state index contributed by atoms with van der Waals surface area (Å²) in [5.74, 6) is 0.463. The molecular weight excluding hydrogens is 358 g/mol. The minimum Gasteiger partial charge on any atom is -0.302 e. The van der Waals surface area contributed by atoms with Crippen LogP contribution in [0.1, 0.15) is 51.0 Å². The van der Waals surface area contributed by atoms with Gasteiger partial charge in [0.05, 0.1) is 4.90 Å². The normalized spacial score (nSPS) is 22.0. The van der Waals surface area contributed by atoms with Gasteiger partial charge >= 0.3 is 0 Å². The lowest BCUT2D eigenvalue weighted by molar-refractivity contribution is 0.149. The first kappa shape index (κ1) is 20.8. The molecule has 0 aromatic heterocycles. The van der Waals surface area contributed by atoms with Crippen molar-refractivity contribution in [1.82, 2.24) is 14.1 Å². The van der Waals surface area contributed by atoms with Crippen LogP contribution in [0, 0.1) is 0 Å². The Morgan fingerprint density at radius 2 is 1.41 bits per heavy atom. The molecule has 0 aliphatic carbocycles. The largest absolute Gasteiger partial charge is 0.302 e. The minimum atomic E-state index is -3.37. The Bertz CT molecular complexity index is 676. The number of piperazine rings is 1. The molecule has 5 nitrogen and oxygen atoms in total. The number of rotatable bonds is 7. The van der Waals surface area contributed by atoms with Gasteiger partial charge in [0.25, 0.3) is 0 Å². The molecule has 0 radical (unpaired) electrons. The summed E-state index contributed by atoms with van der Waals surface area (Å²) in [5.41, 5.74) is 1.21. The average molecular weight is 394 g/mol. The van der Waals surface area contributed by atoms with Crippen molar-refractivity contribution in [2.75, 3.05) is 52.4 Å².